The lowest BCUT2D eigenvalue weighted by molar-refractivity contribution is -0.134. The maximum Gasteiger partial charge on any atom is 0.242 e. The van der Waals surface area contributed by atoms with Gasteiger partial charge in [-0.05, 0) is 50.8 Å². The Hall–Kier alpha value is -1.30. The molecule has 5 nitrogen and oxygen atoms in total. The van der Waals surface area contributed by atoms with E-state index < -0.39 is 11.5 Å². The maximum absolute atomic E-state index is 13.2. The van der Waals surface area contributed by atoms with E-state index in [1.165, 1.54) is 0 Å². The summed E-state index contributed by atoms with van der Waals surface area (Å²) >= 11 is 12.4. The molecular weight excluding hydrogens is 375 g/mol. The molecule has 1 aliphatic rings. The summed E-state index contributed by atoms with van der Waals surface area (Å²) in [4.78, 5) is 25.5. The summed E-state index contributed by atoms with van der Waals surface area (Å²) in [5, 5.41) is 6.72. The van der Waals surface area contributed by atoms with Crippen LogP contribution in [0.5, 0.6) is 0 Å². The van der Waals surface area contributed by atoms with Crippen LogP contribution in [0.2, 0.25) is 10.0 Å². The Morgan fingerprint density at radius 3 is 2.42 bits per heavy atom. The monoisotopic (exact) mass is 400 g/mol. The number of amides is 2. The summed E-state index contributed by atoms with van der Waals surface area (Å²) in [5.74, 6) is -0.408. The molecule has 0 spiro atoms. The maximum atomic E-state index is 13.2. The topological polar surface area (TPSA) is 67.4 Å². The van der Waals surface area contributed by atoms with Gasteiger partial charge in [-0.25, -0.2) is 0 Å². The molecule has 1 heterocycles. The van der Waals surface area contributed by atoms with E-state index in [0.717, 1.165) is 12.0 Å². The van der Waals surface area contributed by atoms with E-state index in [4.69, 9.17) is 27.9 Å². The molecule has 1 aliphatic heterocycles. The van der Waals surface area contributed by atoms with Crippen molar-refractivity contribution in [1.82, 2.24) is 10.6 Å². The van der Waals surface area contributed by atoms with Crippen molar-refractivity contribution >= 4 is 35.0 Å². The average molecular weight is 401 g/mol. The first kappa shape index (κ1) is 21.0. The second-order valence-electron chi connectivity index (χ2n) is 6.83. The number of ether oxygens (including phenoxy) is 1. The molecule has 26 heavy (non-hydrogen) atoms. The number of halogens is 2. The van der Waals surface area contributed by atoms with Crippen LogP contribution in [-0.4, -0.2) is 37.1 Å². The van der Waals surface area contributed by atoms with Crippen LogP contribution in [0.15, 0.2) is 18.2 Å². The van der Waals surface area contributed by atoms with Crippen molar-refractivity contribution in [2.45, 2.75) is 57.5 Å². The van der Waals surface area contributed by atoms with E-state index in [1.54, 1.807) is 25.1 Å². The summed E-state index contributed by atoms with van der Waals surface area (Å²) < 4.78 is 5.45. The Bertz CT molecular complexity index is 660. The summed E-state index contributed by atoms with van der Waals surface area (Å²) in [5.41, 5.74) is -0.107. The predicted molar refractivity (Wildman–Crippen MR) is 104 cm³/mol. The van der Waals surface area contributed by atoms with Crippen LogP contribution in [0, 0.1) is 0 Å². The number of carbonyl (C=O) groups is 2. The molecule has 1 aromatic rings. The second kappa shape index (κ2) is 9.07. The average Bonchev–Trinajstić information content (AvgIpc) is 2.61. The first-order chi connectivity index (χ1) is 12.3. The Balaban J connectivity index is 2.23. The number of hydrogen-bond acceptors (Lipinski definition) is 3. The first-order valence-electron chi connectivity index (χ1n) is 8.94. The molecule has 2 N–H and O–H groups in total. The minimum Gasteiger partial charge on any atom is -0.381 e. The van der Waals surface area contributed by atoms with Crippen LogP contribution in [-0.2, 0) is 19.7 Å². The van der Waals surface area contributed by atoms with Crippen molar-refractivity contribution in [1.29, 1.82) is 0 Å². The Labute approximate surface area is 164 Å². The van der Waals surface area contributed by atoms with Gasteiger partial charge >= 0.3 is 0 Å². The van der Waals surface area contributed by atoms with Gasteiger partial charge in [-0.1, -0.05) is 36.2 Å². The van der Waals surface area contributed by atoms with Crippen LogP contribution in [0.4, 0.5) is 0 Å². The van der Waals surface area contributed by atoms with Gasteiger partial charge in [-0.15, -0.1) is 0 Å². The Kier molecular flexibility index (Phi) is 7.33. The Morgan fingerprint density at radius 1 is 1.19 bits per heavy atom. The molecular formula is C19H26Cl2N2O3. The van der Waals surface area contributed by atoms with Gasteiger partial charge < -0.3 is 15.4 Å². The third kappa shape index (κ3) is 4.70. The van der Waals surface area contributed by atoms with E-state index >= 15 is 0 Å². The minimum absolute atomic E-state index is 0.0598. The highest BCUT2D eigenvalue weighted by molar-refractivity contribution is 6.35. The van der Waals surface area contributed by atoms with E-state index in [-0.39, 0.29) is 17.9 Å². The van der Waals surface area contributed by atoms with Gasteiger partial charge in [0.1, 0.15) is 6.04 Å². The van der Waals surface area contributed by atoms with Crippen molar-refractivity contribution in [3.8, 4) is 0 Å². The van der Waals surface area contributed by atoms with Gasteiger partial charge in [0, 0.05) is 29.3 Å². The quantitative estimate of drug-likeness (QED) is 0.767. The zero-order valence-electron chi connectivity index (χ0n) is 15.4. The third-order valence-electron chi connectivity index (χ3n) is 4.97. The molecule has 2 amide bonds. The lowest BCUT2D eigenvalue weighted by Crippen LogP contribution is -2.54. The van der Waals surface area contributed by atoms with Gasteiger partial charge in [0.05, 0.1) is 5.41 Å². The smallest absolute Gasteiger partial charge is 0.242 e. The van der Waals surface area contributed by atoms with Crippen molar-refractivity contribution < 1.29 is 14.3 Å². The van der Waals surface area contributed by atoms with Crippen LogP contribution in [0.3, 0.4) is 0 Å². The zero-order valence-corrected chi connectivity index (χ0v) is 16.9. The standard InChI is InChI=1S/C19H26Cl2N2O3/c1-4-12(2)22-17(24)13(3)23-18(25)19(7-9-26-10-8-19)15-6-5-14(20)11-16(15)21/h5-6,11-13H,4,7-10H2,1-3H3,(H,22,24)(H,23,25). The van der Waals surface area contributed by atoms with Crippen LogP contribution >= 0.6 is 23.2 Å². The SMILES string of the molecule is CCC(C)NC(=O)C(C)NC(=O)C1(c2ccc(Cl)cc2Cl)CCOCC1. The highest BCUT2D eigenvalue weighted by Gasteiger charge is 2.43. The van der Waals surface area contributed by atoms with Crippen molar-refractivity contribution in [2.24, 2.45) is 0 Å². The normalized spacial score (nSPS) is 18.7. The highest BCUT2D eigenvalue weighted by atomic mass is 35.5. The molecule has 1 aromatic carbocycles. The number of benzene rings is 1. The van der Waals surface area contributed by atoms with E-state index in [1.807, 2.05) is 13.8 Å². The van der Waals surface area contributed by atoms with Crippen molar-refractivity contribution in [3.05, 3.63) is 33.8 Å². The summed E-state index contributed by atoms with van der Waals surface area (Å²) in [7, 11) is 0. The summed E-state index contributed by atoms with van der Waals surface area (Å²) in [6, 6.07) is 4.58. The molecule has 1 saturated heterocycles. The second-order valence-corrected chi connectivity index (χ2v) is 7.68. The van der Waals surface area contributed by atoms with E-state index in [0.29, 0.717) is 36.1 Å². The lowest BCUT2D eigenvalue weighted by atomic mass is 9.73. The fraction of sp³-hybridized carbons (Fsp3) is 0.579. The highest BCUT2D eigenvalue weighted by Crippen LogP contribution is 2.40. The minimum atomic E-state index is -0.829. The Morgan fingerprint density at radius 2 is 1.85 bits per heavy atom. The summed E-state index contributed by atoms with van der Waals surface area (Å²) in [6.45, 7) is 6.53. The van der Waals surface area contributed by atoms with E-state index in [9.17, 15) is 9.59 Å². The molecule has 0 saturated carbocycles. The van der Waals surface area contributed by atoms with Crippen molar-refractivity contribution in [3.63, 3.8) is 0 Å². The van der Waals surface area contributed by atoms with Crippen LogP contribution in [0.25, 0.3) is 0 Å². The molecule has 0 bridgehead atoms. The van der Waals surface area contributed by atoms with Crippen molar-refractivity contribution in [2.75, 3.05) is 13.2 Å². The van der Waals surface area contributed by atoms with Gasteiger partial charge in [0.2, 0.25) is 11.8 Å². The zero-order chi connectivity index (χ0) is 19.3. The molecule has 0 aromatic heterocycles. The van der Waals surface area contributed by atoms with Gasteiger partial charge in [-0.3, -0.25) is 9.59 Å². The number of rotatable bonds is 6. The first-order valence-corrected chi connectivity index (χ1v) is 9.70. The van der Waals surface area contributed by atoms with Crippen LogP contribution in [0.1, 0.15) is 45.6 Å². The molecule has 2 atom stereocenters. The molecule has 144 valence electrons. The molecule has 0 aliphatic carbocycles. The molecule has 7 heteroatoms. The predicted octanol–water partition coefficient (Wildman–Crippen LogP) is 3.46. The molecule has 0 radical (unpaired) electrons. The fourth-order valence-corrected chi connectivity index (χ4v) is 3.68. The largest absolute Gasteiger partial charge is 0.381 e. The number of hydrogen-bond donors (Lipinski definition) is 2. The van der Waals surface area contributed by atoms with Gasteiger partial charge in [0.15, 0.2) is 0 Å². The molecule has 1 fully saturated rings. The van der Waals surface area contributed by atoms with Gasteiger partial charge in [0.25, 0.3) is 0 Å². The lowest BCUT2D eigenvalue weighted by Gasteiger charge is -2.37. The van der Waals surface area contributed by atoms with E-state index in [2.05, 4.69) is 10.6 Å². The summed E-state index contributed by atoms with van der Waals surface area (Å²) in [6.07, 6.45) is 1.83. The molecule has 2 rings (SSSR count). The van der Waals surface area contributed by atoms with Crippen LogP contribution < -0.4 is 10.6 Å². The number of nitrogens with one attached hydrogen (secondary N) is 2. The third-order valence-corrected chi connectivity index (χ3v) is 5.52. The fourth-order valence-electron chi connectivity index (χ4n) is 3.09. The molecule has 2 unspecified atom stereocenters. The number of carbonyl (C=O) groups excluding carboxylic acids is 2. The van der Waals surface area contributed by atoms with Gasteiger partial charge in [-0.2, -0.15) is 0 Å².